The maximum absolute atomic E-state index is 15.1. The zero-order chi connectivity index (χ0) is 19.1. The fourth-order valence-electron chi connectivity index (χ4n) is 2.53. The molecule has 0 aromatic heterocycles. The summed E-state index contributed by atoms with van der Waals surface area (Å²) in [5, 5.41) is 8.71. The van der Waals surface area contributed by atoms with Gasteiger partial charge in [0.25, 0.3) is 0 Å². The van der Waals surface area contributed by atoms with E-state index in [-0.39, 0.29) is 12.2 Å². The molecule has 0 unspecified atom stereocenters. The van der Waals surface area contributed by atoms with Gasteiger partial charge in [0.2, 0.25) is 0 Å². The lowest BCUT2D eigenvalue weighted by molar-refractivity contribution is -0.137. The first-order valence-electron chi connectivity index (χ1n) is 8.50. The van der Waals surface area contributed by atoms with Gasteiger partial charge in [0.15, 0.2) is 11.6 Å². The van der Waals surface area contributed by atoms with E-state index >= 15 is 4.39 Å². The van der Waals surface area contributed by atoms with Gasteiger partial charge in [0.1, 0.15) is 5.82 Å². The molecule has 0 aliphatic heterocycles. The summed E-state index contributed by atoms with van der Waals surface area (Å²) in [6.07, 6.45) is 1.22. The number of ether oxygens (including phenoxy) is 1. The van der Waals surface area contributed by atoms with Crippen molar-refractivity contribution in [3.8, 4) is 16.9 Å². The second-order valence-electron chi connectivity index (χ2n) is 5.92. The molecule has 3 nitrogen and oxygen atoms in total. The van der Waals surface area contributed by atoms with Crippen LogP contribution in [0.15, 0.2) is 35.2 Å². The highest BCUT2D eigenvalue weighted by Crippen LogP contribution is 2.40. The normalized spacial score (nSPS) is 10.8. The quantitative estimate of drug-likeness (QED) is 0.449. The smallest absolute Gasteiger partial charge is 0.303 e. The first-order chi connectivity index (χ1) is 12.4. The first kappa shape index (κ1) is 20.2. The van der Waals surface area contributed by atoms with Crippen LogP contribution in [0.5, 0.6) is 5.75 Å². The highest BCUT2D eigenvalue weighted by atomic mass is 32.2. The van der Waals surface area contributed by atoms with E-state index < -0.39 is 17.6 Å². The second-order valence-corrected chi connectivity index (χ2v) is 7.02. The van der Waals surface area contributed by atoms with E-state index in [4.69, 9.17) is 9.84 Å². The van der Waals surface area contributed by atoms with Crippen LogP contribution in [0.2, 0.25) is 0 Å². The van der Waals surface area contributed by atoms with Gasteiger partial charge in [-0.05, 0) is 54.8 Å². The predicted octanol–water partition coefficient (Wildman–Crippen LogP) is 5.69. The molecule has 0 amide bonds. The standard InChI is InChI=1S/C20H22F2O3S/c1-3-9-25-19-16(14-6-4-7-15(21)12-14)11-13(2)20(18(19)22)26-10-5-8-17(23)24/h4,6-7,11-12H,3,5,8-10H2,1-2H3,(H,23,24). The number of hydrogen-bond donors (Lipinski definition) is 1. The minimum absolute atomic E-state index is 0.0498. The van der Waals surface area contributed by atoms with Crippen molar-refractivity contribution in [3.05, 3.63) is 47.5 Å². The number of rotatable bonds is 9. The highest BCUT2D eigenvalue weighted by Gasteiger charge is 2.19. The van der Waals surface area contributed by atoms with Crippen molar-refractivity contribution in [3.63, 3.8) is 0 Å². The van der Waals surface area contributed by atoms with Crippen molar-refractivity contribution >= 4 is 17.7 Å². The predicted molar refractivity (Wildman–Crippen MR) is 99.9 cm³/mol. The minimum atomic E-state index is -0.865. The number of aliphatic carboxylic acids is 1. The van der Waals surface area contributed by atoms with Crippen molar-refractivity contribution in [2.24, 2.45) is 0 Å². The number of halogens is 2. The number of carboxylic acids is 1. The Bertz CT molecular complexity index is 778. The van der Waals surface area contributed by atoms with Gasteiger partial charge < -0.3 is 9.84 Å². The van der Waals surface area contributed by atoms with Crippen molar-refractivity contribution in [2.45, 2.75) is 38.0 Å². The van der Waals surface area contributed by atoms with Crippen molar-refractivity contribution in [1.29, 1.82) is 0 Å². The van der Waals surface area contributed by atoms with Crippen molar-refractivity contribution in [2.75, 3.05) is 12.4 Å². The molecule has 1 N–H and O–H groups in total. The fourth-order valence-corrected chi connectivity index (χ4v) is 3.53. The summed E-state index contributed by atoms with van der Waals surface area (Å²) in [5.41, 5.74) is 1.79. The van der Waals surface area contributed by atoms with E-state index in [1.807, 2.05) is 6.92 Å². The molecule has 140 valence electrons. The van der Waals surface area contributed by atoms with Gasteiger partial charge in [-0.15, -0.1) is 11.8 Å². The van der Waals surface area contributed by atoms with E-state index in [9.17, 15) is 9.18 Å². The fraction of sp³-hybridized carbons (Fsp3) is 0.350. The maximum atomic E-state index is 15.1. The molecule has 2 rings (SSSR count). The Balaban J connectivity index is 2.38. The van der Waals surface area contributed by atoms with Crippen LogP contribution < -0.4 is 4.74 Å². The summed E-state index contributed by atoms with van der Waals surface area (Å²) in [7, 11) is 0. The average molecular weight is 380 g/mol. The second kappa shape index (κ2) is 9.57. The maximum Gasteiger partial charge on any atom is 0.303 e. The number of carboxylic acid groups (broad SMARTS) is 1. The van der Waals surface area contributed by atoms with Gasteiger partial charge in [-0.25, -0.2) is 8.78 Å². The summed E-state index contributed by atoms with van der Waals surface area (Å²) in [6, 6.07) is 7.78. The Kier molecular flexibility index (Phi) is 7.45. The molecule has 0 heterocycles. The molecule has 0 atom stereocenters. The summed E-state index contributed by atoms with van der Waals surface area (Å²) in [4.78, 5) is 11.1. The van der Waals surface area contributed by atoms with E-state index in [0.717, 1.165) is 6.42 Å². The Morgan fingerprint density at radius 1 is 1.27 bits per heavy atom. The molecule has 0 radical (unpaired) electrons. The molecule has 26 heavy (non-hydrogen) atoms. The average Bonchev–Trinajstić information content (AvgIpc) is 2.59. The van der Waals surface area contributed by atoms with E-state index in [0.29, 0.717) is 40.4 Å². The topological polar surface area (TPSA) is 46.5 Å². The molecular formula is C20H22F2O3S. The number of hydrogen-bond acceptors (Lipinski definition) is 3. The van der Waals surface area contributed by atoms with Crippen LogP contribution in [0.25, 0.3) is 11.1 Å². The lowest BCUT2D eigenvalue weighted by Crippen LogP contribution is -2.03. The number of thioether (sulfide) groups is 1. The Morgan fingerprint density at radius 3 is 2.69 bits per heavy atom. The van der Waals surface area contributed by atoms with Gasteiger partial charge >= 0.3 is 5.97 Å². The summed E-state index contributed by atoms with van der Waals surface area (Å²) < 4.78 is 34.4. The molecule has 2 aromatic carbocycles. The lowest BCUT2D eigenvalue weighted by atomic mass is 10.0. The van der Waals surface area contributed by atoms with Crippen molar-refractivity contribution < 1.29 is 23.4 Å². The van der Waals surface area contributed by atoms with Gasteiger partial charge in [-0.1, -0.05) is 19.1 Å². The zero-order valence-corrected chi connectivity index (χ0v) is 15.7. The highest BCUT2D eigenvalue weighted by molar-refractivity contribution is 7.99. The molecule has 0 bridgehead atoms. The third kappa shape index (κ3) is 5.21. The summed E-state index contributed by atoms with van der Waals surface area (Å²) >= 11 is 1.28. The monoisotopic (exact) mass is 380 g/mol. The molecule has 0 aliphatic carbocycles. The Morgan fingerprint density at radius 2 is 2.04 bits per heavy atom. The van der Waals surface area contributed by atoms with Gasteiger partial charge in [0.05, 0.1) is 6.61 Å². The van der Waals surface area contributed by atoms with Crippen LogP contribution in [0.1, 0.15) is 31.7 Å². The van der Waals surface area contributed by atoms with Crippen LogP contribution >= 0.6 is 11.8 Å². The van der Waals surface area contributed by atoms with Crippen molar-refractivity contribution in [1.82, 2.24) is 0 Å². The number of benzene rings is 2. The third-order valence-electron chi connectivity index (χ3n) is 3.73. The van der Waals surface area contributed by atoms with Crippen LogP contribution in [0.3, 0.4) is 0 Å². The van der Waals surface area contributed by atoms with E-state index in [1.165, 1.54) is 23.9 Å². The number of carbonyl (C=O) groups is 1. The van der Waals surface area contributed by atoms with Gasteiger partial charge in [-0.2, -0.15) is 0 Å². The summed E-state index contributed by atoms with van der Waals surface area (Å²) in [5.74, 6) is -1.12. The van der Waals surface area contributed by atoms with Crippen LogP contribution in [0, 0.1) is 18.6 Å². The largest absolute Gasteiger partial charge is 0.490 e. The SMILES string of the molecule is CCCOc1c(-c2cccc(F)c2)cc(C)c(SCCCC(=O)O)c1F. The van der Waals surface area contributed by atoms with Gasteiger partial charge in [-0.3, -0.25) is 4.79 Å². The lowest BCUT2D eigenvalue weighted by Gasteiger charge is -2.17. The number of aryl methyl sites for hydroxylation is 1. The molecule has 2 aromatic rings. The van der Waals surface area contributed by atoms with E-state index in [2.05, 4.69) is 0 Å². The molecule has 6 heteroatoms. The molecule has 0 fully saturated rings. The molecule has 0 saturated heterocycles. The van der Waals surface area contributed by atoms with E-state index in [1.54, 1.807) is 25.1 Å². The third-order valence-corrected chi connectivity index (χ3v) is 5.01. The zero-order valence-electron chi connectivity index (χ0n) is 14.9. The van der Waals surface area contributed by atoms with Crippen LogP contribution in [0.4, 0.5) is 8.78 Å². The molecule has 0 spiro atoms. The molecule has 0 saturated carbocycles. The Hall–Kier alpha value is -2.08. The Labute approximate surface area is 156 Å². The first-order valence-corrected chi connectivity index (χ1v) is 9.49. The molecule has 0 aliphatic rings. The summed E-state index contributed by atoms with van der Waals surface area (Å²) in [6.45, 7) is 4.07. The van der Waals surface area contributed by atoms with Crippen LogP contribution in [-0.2, 0) is 4.79 Å². The van der Waals surface area contributed by atoms with Crippen LogP contribution in [-0.4, -0.2) is 23.4 Å². The minimum Gasteiger partial charge on any atom is -0.490 e. The van der Waals surface area contributed by atoms with Gasteiger partial charge in [0, 0.05) is 16.9 Å². The molecular weight excluding hydrogens is 358 g/mol.